The van der Waals surface area contributed by atoms with Crippen LogP contribution in [0.2, 0.25) is 10.0 Å². The molecular weight excluding hydrogens is 319 g/mol. The number of aliphatic imine (C=N–C) groups is 1. The molecule has 0 radical (unpaired) electrons. The van der Waals surface area contributed by atoms with Crippen LogP contribution >= 0.6 is 23.2 Å². The number of benzene rings is 2. The van der Waals surface area contributed by atoms with E-state index in [9.17, 15) is 5.11 Å². The number of nitrogens with zero attached hydrogens (tertiary/aromatic N) is 2. The maximum atomic E-state index is 9.61. The highest BCUT2D eigenvalue weighted by Gasteiger charge is 2.24. The Morgan fingerprint density at radius 1 is 1.18 bits per heavy atom. The maximum absolute atomic E-state index is 9.61. The van der Waals surface area contributed by atoms with Gasteiger partial charge in [0.05, 0.1) is 24.9 Å². The number of benzodiazepines with no additional fused rings is 1. The summed E-state index contributed by atoms with van der Waals surface area (Å²) in [7, 11) is 1.96. The second kappa shape index (κ2) is 6.29. The molecule has 0 aliphatic carbocycles. The lowest BCUT2D eigenvalue weighted by atomic mass is 10.00. The van der Waals surface area contributed by atoms with Crippen LogP contribution in [0.3, 0.4) is 0 Å². The van der Waals surface area contributed by atoms with Crippen LogP contribution in [0.1, 0.15) is 11.1 Å². The van der Waals surface area contributed by atoms with E-state index < -0.39 is 0 Å². The minimum absolute atomic E-state index is 0.0396. The van der Waals surface area contributed by atoms with Crippen molar-refractivity contribution in [3.63, 3.8) is 0 Å². The molecule has 0 aromatic heterocycles. The van der Waals surface area contributed by atoms with Crippen molar-refractivity contribution in [2.45, 2.75) is 6.04 Å². The predicted molar refractivity (Wildman–Crippen MR) is 92.7 cm³/mol. The van der Waals surface area contributed by atoms with Crippen molar-refractivity contribution in [3.05, 3.63) is 63.6 Å². The summed E-state index contributed by atoms with van der Waals surface area (Å²) < 4.78 is 0. The van der Waals surface area contributed by atoms with Crippen molar-refractivity contribution >= 4 is 34.6 Å². The molecule has 2 aromatic carbocycles. The smallest absolute Gasteiger partial charge is 0.0756 e. The summed E-state index contributed by atoms with van der Waals surface area (Å²) in [6.45, 7) is 0.539. The number of rotatable bonds is 2. The summed E-state index contributed by atoms with van der Waals surface area (Å²) in [4.78, 5) is 6.75. The quantitative estimate of drug-likeness (QED) is 0.910. The van der Waals surface area contributed by atoms with Gasteiger partial charge >= 0.3 is 0 Å². The summed E-state index contributed by atoms with van der Waals surface area (Å²) in [5.41, 5.74) is 3.60. The van der Waals surface area contributed by atoms with Crippen LogP contribution in [-0.4, -0.2) is 37.1 Å². The van der Waals surface area contributed by atoms with Gasteiger partial charge in [-0.1, -0.05) is 41.4 Å². The summed E-state index contributed by atoms with van der Waals surface area (Å²) in [6.07, 6.45) is 0. The van der Waals surface area contributed by atoms with E-state index in [0.717, 1.165) is 22.5 Å². The van der Waals surface area contributed by atoms with Crippen LogP contribution < -0.4 is 4.90 Å². The molecule has 22 heavy (non-hydrogen) atoms. The van der Waals surface area contributed by atoms with E-state index in [0.29, 0.717) is 16.6 Å². The third-order valence-corrected chi connectivity index (χ3v) is 4.51. The van der Waals surface area contributed by atoms with Gasteiger partial charge < -0.3 is 10.0 Å². The molecule has 0 fully saturated rings. The molecule has 1 atom stereocenters. The van der Waals surface area contributed by atoms with Crippen molar-refractivity contribution in [1.29, 1.82) is 0 Å². The first-order chi connectivity index (χ1) is 10.6. The van der Waals surface area contributed by atoms with Crippen LogP contribution in [0, 0.1) is 0 Å². The molecule has 2 aromatic rings. The number of fused-ring (bicyclic) bond motifs is 1. The van der Waals surface area contributed by atoms with Gasteiger partial charge in [-0.05, 0) is 24.3 Å². The van der Waals surface area contributed by atoms with E-state index in [4.69, 9.17) is 28.2 Å². The first-order valence-electron chi connectivity index (χ1n) is 7.04. The highest BCUT2D eigenvalue weighted by atomic mass is 35.5. The lowest BCUT2D eigenvalue weighted by molar-refractivity contribution is 0.265. The monoisotopic (exact) mass is 334 g/mol. The second-order valence-corrected chi connectivity index (χ2v) is 6.12. The lowest BCUT2D eigenvalue weighted by Gasteiger charge is -2.27. The SMILES string of the molecule is CN1c2ccc(Cl)cc2C(c2ccccc2Cl)=NC[C@H]1CO. The first-order valence-corrected chi connectivity index (χ1v) is 7.80. The number of aliphatic hydroxyl groups is 1. The summed E-state index contributed by atoms with van der Waals surface area (Å²) in [5, 5.41) is 10.9. The van der Waals surface area contributed by atoms with E-state index in [1.807, 2.05) is 54.4 Å². The van der Waals surface area contributed by atoms with E-state index in [-0.39, 0.29) is 12.6 Å². The van der Waals surface area contributed by atoms with Gasteiger partial charge in [0.15, 0.2) is 0 Å². The van der Waals surface area contributed by atoms with Crippen molar-refractivity contribution in [3.8, 4) is 0 Å². The van der Waals surface area contributed by atoms with Gasteiger partial charge in [0, 0.05) is 33.9 Å². The third kappa shape index (κ3) is 2.72. The molecule has 0 spiro atoms. The van der Waals surface area contributed by atoms with Crippen molar-refractivity contribution in [2.24, 2.45) is 4.99 Å². The Morgan fingerprint density at radius 3 is 2.68 bits per heavy atom. The maximum Gasteiger partial charge on any atom is 0.0756 e. The zero-order valence-corrected chi connectivity index (χ0v) is 13.6. The normalized spacial score (nSPS) is 17.7. The van der Waals surface area contributed by atoms with E-state index in [1.54, 1.807) is 0 Å². The molecule has 0 unspecified atom stereocenters. The molecule has 114 valence electrons. The topological polar surface area (TPSA) is 35.8 Å². The molecule has 1 heterocycles. The Bertz CT molecular complexity index is 730. The Morgan fingerprint density at radius 2 is 1.95 bits per heavy atom. The molecular formula is C17H16Cl2N2O. The molecule has 0 saturated carbocycles. The van der Waals surface area contributed by atoms with E-state index >= 15 is 0 Å². The second-order valence-electron chi connectivity index (χ2n) is 5.28. The standard InChI is InChI=1S/C17H16Cl2N2O/c1-21-12(10-22)9-20-17(13-4-2-3-5-15(13)19)14-8-11(18)6-7-16(14)21/h2-8,12,22H,9-10H2,1H3/t12-/m0/s1. The fourth-order valence-corrected chi connectivity index (χ4v) is 3.07. The van der Waals surface area contributed by atoms with Gasteiger partial charge in [-0.25, -0.2) is 0 Å². The molecule has 3 nitrogen and oxygen atoms in total. The number of hydrogen-bond acceptors (Lipinski definition) is 3. The fourth-order valence-electron chi connectivity index (χ4n) is 2.67. The number of anilines is 1. The number of hydrogen-bond donors (Lipinski definition) is 1. The molecule has 1 aliphatic heterocycles. The lowest BCUT2D eigenvalue weighted by Crippen LogP contribution is -2.36. The van der Waals surface area contributed by atoms with Crippen molar-refractivity contribution < 1.29 is 5.11 Å². The molecule has 0 saturated heterocycles. The Balaban J connectivity index is 2.22. The molecule has 1 N–H and O–H groups in total. The average Bonchev–Trinajstić information content (AvgIpc) is 2.65. The molecule has 0 amide bonds. The van der Waals surface area contributed by atoms with Crippen LogP contribution in [0.25, 0.3) is 0 Å². The van der Waals surface area contributed by atoms with Crippen molar-refractivity contribution in [1.82, 2.24) is 0 Å². The van der Waals surface area contributed by atoms with Gasteiger partial charge in [0.1, 0.15) is 0 Å². The van der Waals surface area contributed by atoms with Gasteiger partial charge in [0.2, 0.25) is 0 Å². The Labute approximate surface area is 139 Å². The highest BCUT2D eigenvalue weighted by molar-refractivity contribution is 6.36. The van der Waals surface area contributed by atoms with E-state index in [2.05, 4.69) is 0 Å². The fraction of sp³-hybridized carbons (Fsp3) is 0.235. The zero-order chi connectivity index (χ0) is 15.7. The summed E-state index contributed by atoms with van der Waals surface area (Å²) in [6, 6.07) is 13.3. The molecule has 0 bridgehead atoms. The third-order valence-electron chi connectivity index (χ3n) is 3.94. The summed E-state index contributed by atoms with van der Waals surface area (Å²) >= 11 is 12.5. The van der Waals surface area contributed by atoms with Gasteiger partial charge in [0.25, 0.3) is 0 Å². The van der Waals surface area contributed by atoms with Crippen LogP contribution in [0.5, 0.6) is 0 Å². The van der Waals surface area contributed by atoms with Crippen LogP contribution in [0.4, 0.5) is 5.69 Å². The first kappa shape index (κ1) is 15.3. The zero-order valence-electron chi connectivity index (χ0n) is 12.1. The summed E-state index contributed by atoms with van der Waals surface area (Å²) in [5.74, 6) is 0. The van der Waals surface area contributed by atoms with Crippen LogP contribution in [0.15, 0.2) is 47.5 Å². The van der Waals surface area contributed by atoms with Crippen LogP contribution in [-0.2, 0) is 0 Å². The molecule has 5 heteroatoms. The van der Waals surface area contributed by atoms with Gasteiger partial charge in [-0.2, -0.15) is 0 Å². The molecule has 3 rings (SSSR count). The minimum atomic E-state index is -0.0695. The Kier molecular flexibility index (Phi) is 4.39. The van der Waals surface area contributed by atoms with E-state index in [1.165, 1.54) is 0 Å². The Hall–Kier alpha value is -1.55. The molecule has 1 aliphatic rings. The predicted octanol–water partition coefficient (Wildman–Crippen LogP) is 3.64. The van der Waals surface area contributed by atoms with Crippen molar-refractivity contribution in [2.75, 3.05) is 25.1 Å². The largest absolute Gasteiger partial charge is 0.394 e. The number of likely N-dealkylation sites (N-methyl/N-ethyl adjacent to an activating group) is 1. The average molecular weight is 335 g/mol. The number of aliphatic hydroxyl groups excluding tert-OH is 1. The highest BCUT2D eigenvalue weighted by Crippen LogP contribution is 2.31. The minimum Gasteiger partial charge on any atom is -0.394 e. The van der Waals surface area contributed by atoms with Gasteiger partial charge in [-0.15, -0.1) is 0 Å². The van der Waals surface area contributed by atoms with Gasteiger partial charge in [-0.3, -0.25) is 4.99 Å². The number of halogens is 2.